The number of aromatic hydroxyl groups is 1. The molecule has 0 aliphatic rings. The molecule has 0 spiro atoms. The first kappa shape index (κ1) is 13.3. The van der Waals surface area contributed by atoms with Crippen LogP contribution in [0.15, 0.2) is 54.7 Å². The van der Waals surface area contributed by atoms with Gasteiger partial charge < -0.3 is 10.8 Å². The smallest absolute Gasteiger partial charge is 0.127 e. The minimum Gasteiger partial charge on any atom is -0.507 e. The molecule has 0 amide bonds. The first-order chi connectivity index (χ1) is 10.2. The van der Waals surface area contributed by atoms with Crippen LogP contribution in [0.3, 0.4) is 0 Å². The highest BCUT2D eigenvalue weighted by molar-refractivity contribution is 5.68. The highest BCUT2D eigenvalue weighted by atomic mass is 19.1. The molecule has 0 fully saturated rings. The third-order valence-corrected chi connectivity index (χ3v) is 3.30. The van der Waals surface area contributed by atoms with Crippen molar-refractivity contribution in [3.8, 4) is 22.7 Å². The van der Waals surface area contributed by atoms with Crippen molar-refractivity contribution in [2.75, 3.05) is 0 Å². The van der Waals surface area contributed by atoms with E-state index in [9.17, 15) is 9.50 Å². The summed E-state index contributed by atoms with van der Waals surface area (Å²) < 4.78 is 14.8. The largest absolute Gasteiger partial charge is 0.507 e. The third kappa shape index (κ3) is 2.51. The molecule has 1 heterocycles. The summed E-state index contributed by atoms with van der Waals surface area (Å²) in [6.07, 6.45) is 1.63. The topological polar surface area (TPSA) is 64.1 Å². The standard InChI is InChI=1S/C16H14FN3O/c17-12-3-6-14(16(21)9-12)15-7-8-19-20(15)13-4-1-11(10-18)2-5-13/h1-9,21H,10,18H2. The van der Waals surface area contributed by atoms with E-state index >= 15 is 0 Å². The minimum absolute atomic E-state index is 0.115. The Bertz CT molecular complexity index is 765. The van der Waals surface area contributed by atoms with Crippen molar-refractivity contribution in [1.82, 2.24) is 9.78 Å². The van der Waals surface area contributed by atoms with Crippen LogP contribution in [0.25, 0.3) is 16.9 Å². The number of phenolic OH excluding ortho intramolecular Hbond substituents is 1. The van der Waals surface area contributed by atoms with E-state index in [1.54, 1.807) is 16.9 Å². The molecule has 3 N–H and O–H groups in total. The summed E-state index contributed by atoms with van der Waals surface area (Å²) in [6.45, 7) is 0.477. The summed E-state index contributed by atoms with van der Waals surface area (Å²) in [5.74, 6) is -0.593. The lowest BCUT2D eigenvalue weighted by Crippen LogP contribution is -2.01. The van der Waals surface area contributed by atoms with Gasteiger partial charge in [0.05, 0.1) is 17.6 Å². The quantitative estimate of drug-likeness (QED) is 0.777. The van der Waals surface area contributed by atoms with E-state index in [-0.39, 0.29) is 5.75 Å². The zero-order chi connectivity index (χ0) is 14.8. The minimum atomic E-state index is -0.477. The van der Waals surface area contributed by atoms with Gasteiger partial charge in [-0.15, -0.1) is 0 Å². The number of nitrogens with two attached hydrogens (primary N) is 1. The Kier molecular flexibility index (Phi) is 3.41. The van der Waals surface area contributed by atoms with Crippen molar-refractivity contribution in [2.24, 2.45) is 5.73 Å². The normalized spacial score (nSPS) is 10.8. The number of aromatic nitrogens is 2. The average molecular weight is 283 g/mol. The lowest BCUT2D eigenvalue weighted by atomic mass is 10.1. The second-order valence-corrected chi connectivity index (χ2v) is 4.66. The number of phenols is 1. The molecule has 0 bridgehead atoms. The lowest BCUT2D eigenvalue weighted by molar-refractivity contribution is 0.470. The third-order valence-electron chi connectivity index (χ3n) is 3.30. The van der Waals surface area contributed by atoms with Crippen LogP contribution in [0.5, 0.6) is 5.75 Å². The van der Waals surface area contributed by atoms with E-state index in [4.69, 9.17) is 5.73 Å². The van der Waals surface area contributed by atoms with Crippen LogP contribution in [0.1, 0.15) is 5.56 Å². The highest BCUT2D eigenvalue weighted by Gasteiger charge is 2.12. The number of nitrogens with zero attached hydrogens (tertiary/aromatic N) is 2. The number of benzene rings is 2. The van der Waals surface area contributed by atoms with Gasteiger partial charge in [-0.2, -0.15) is 5.10 Å². The summed E-state index contributed by atoms with van der Waals surface area (Å²) in [7, 11) is 0. The molecule has 0 aliphatic carbocycles. The maximum absolute atomic E-state index is 13.1. The van der Waals surface area contributed by atoms with E-state index in [1.807, 2.05) is 24.3 Å². The summed E-state index contributed by atoms with van der Waals surface area (Å²) in [5, 5.41) is 14.2. The Hall–Kier alpha value is -2.66. The molecular weight excluding hydrogens is 269 g/mol. The van der Waals surface area contributed by atoms with E-state index in [2.05, 4.69) is 5.10 Å². The first-order valence-electron chi connectivity index (χ1n) is 6.51. The number of halogens is 1. The Labute approximate surface area is 121 Å². The molecule has 0 radical (unpaired) electrons. The fourth-order valence-electron chi connectivity index (χ4n) is 2.21. The van der Waals surface area contributed by atoms with Gasteiger partial charge in [0.15, 0.2) is 0 Å². The van der Waals surface area contributed by atoms with Gasteiger partial charge in [-0.25, -0.2) is 9.07 Å². The number of rotatable bonds is 3. The molecule has 3 rings (SSSR count). The molecule has 0 atom stereocenters. The van der Waals surface area contributed by atoms with Crippen molar-refractivity contribution < 1.29 is 9.50 Å². The van der Waals surface area contributed by atoms with E-state index in [1.165, 1.54) is 12.1 Å². The van der Waals surface area contributed by atoms with Crippen molar-refractivity contribution in [1.29, 1.82) is 0 Å². The zero-order valence-electron chi connectivity index (χ0n) is 11.2. The Morgan fingerprint density at radius 3 is 2.52 bits per heavy atom. The van der Waals surface area contributed by atoms with Crippen LogP contribution >= 0.6 is 0 Å². The molecule has 0 aliphatic heterocycles. The molecule has 2 aromatic carbocycles. The van der Waals surface area contributed by atoms with Crippen LogP contribution in [0, 0.1) is 5.82 Å². The van der Waals surface area contributed by atoms with Gasteiger partial charge in [0, 0.05) is 18.2 Å². The Morgan fingerprint density at radius 1 is 1.10 bits per heavy atom. The predicted octanol–water partition coefficient (Wildman–Crippen LogP) is 2.84. The number of hydrogen-bond donors (Lipinski definition) is 2. The van der Waals surface area contributed by atoms with Gasteiger partial charge >= 0.3 is 0 Å². The van der Waals surface area contributed by atoms with E-state index in [0.717, 1.165) is 17.3 Å². The highest BCUT2D eigenvalue weighted by Crippen LogP contribution is 2.30. The zero-order valence-corrected chi connectivity index (χ0v) is 11.2. The van der Waals surface area contributed by atoms with Gasteiger partial charge in [-0.1, -0.05) is 12.1 Å². The van der Waals surface area contributed by atoms with E-state index < -0.39 is 5.82 Å². The van der Waals surface area contributed by atoms with Gasteiger partial charge in [-0.3, -0.25) is 0 Å². The van der Waals surface area contributed by atoms with Gasteiger partial charge in [-0.05, 0) is 35.9 Å². The Balaban J connectivity index is 2.07. The lowest BCUT2D eigenvalue weighted by Gasteiger charge is -2.09. The van der Waals surface area contributed by atoms with Crippen molar-refractivity contribution in [2.45, 2.75) is 6.54 Å². The summed E-state index contributed by atoms with van der Waals surface area (Å²) in [6, 6.07) is 13.3. The van der Waals surface area contributed by atoms with E-state index in [0.29, 0.717) is 17.8 Å². The van der Waals surface area contributed by atoms with Crippen LogP contribution < -0.4 is 5.73 Å². The molecule has 0 saturated carbocycles. The van der Waals surface area contributed by atoms with Crippen LogP contribution in [0.2, 0.25) is 0 Å². The fraction of sp³-hybridized carbons (Fsp3) is 0.0625. The molecular formula is C16H14FN3O. The first-order valence-corrected chi connectivity index (χ1v) is 6.51. The molecule has 4 nitrogen and oxygen atoms in total. The second-order valence-electron chi connectivity index (χ2n) is 4.66. The van der Waals surface area contributed by atoms with Gasteiger partial charge in [0.2, 0.25) is 0 Å². The second kappa shape index (κ2) is 5.38. The van der Waals surface area contributed by atoms with Gasteiger partial charge in [0.25, 0.3) is 0 Å². The molecule has 21 heavy (non-hydrogen) atoms. The Morgan fingerprint density at radius 2 is 1.86 bits per heavy atom. The van der Waals surface area contributed by atoms with Crippen LogP contribution in [-0.4, -0.2) is 14.9 Å². The molecule has 0 saturated heterocycles. The molecule has 0 unspecified atom stereocenters. The van der Waals surface area contributed by atoms with Crippen molar-refractivity contribution >= 4 is 0 Å². The predicted molar refractivity (Wildman–Crippen MR) is 78.5 cm³/mol. The molecule has 106 valence electrons. The average Bonchev–Trinajstić information content (AvgIpc) is 2.96. The van der Waals surface area contributed by atoms with Crippen LogP contribution in [0.4, 0.5) is 4.39 Å². The molecule has 5 heteroatoms. The molecule has 3 aromatic rings. The monoisotopic (exact) mass is 283 g/mol. The SMILES string of the molecule is NCc1ccc(-n2nccc2-c2ccc(F)cc2O)cc1. The summed E-state index contributed by atoms with van der Waals surface area (Å²) in [5.41, 5.74) is 8.66. The van der Waals surface area contributed by atoms with Crippen molar-refractivity contribution in [3.63, 3.8) is 0 Å². The maximum Gasteiger partial charge on any atom is 0.127 e. The summed E-state index contributed by atoms with van der Waals surface area (Å²) >= 11 is 0. The van der Waals surface area contributed by atoms with Crippen molar-refractivity contribution in [3.05, 3.63) is 66.1 Å². The summed E-state index contributed by atoms with van der Waals surface area (Å²) in [4.78, 5) is 0. The molecule has 1 aromatic heterocycles. The van der Waals surface area contributed by atoms with Gasteiger partial charge in [0.1, 0.15) is 11.6 Å². The fourth-order valence-corrected chi connectivity index (χ4v) is 2.21. The van der Waals surface area contributed by atoms with Crippen LogP contribution in [-0.2, 0) is 6.54 Å². The number of hydrogen-bond acceptors (Lipinski definition) is 3. The maximum atomic E-state index is 13.1.